The molecule has 0 radical (unpaired) electrons. The monoisotopic (exact) mass is 490 g/mol. The topological polar surface area (TPSA) is 125 Å². The Hall–Kier alpha value is -3.51. The molecular formula is C26H26N4O4S. The van der Waals surface area contributed by atoms with E-state index in [1.807, 2.05) is 24.3 Å². The number of hydrogen-bond donors (Lipinski definition) is 2. The van der Waals surface area contributed by atoms with Gasteiger partial charge in [0.2, 0.25) is 11.6 Å². The number of pyridine rings is 1. The number of benzene rings is 1. The molecule has 1 unspecified atom stereocenters. The molecule has 2 heterocycles. The van der Waals surface area contributed by atoms with Gasteiger partial charge in [-0.25, -0.2) is 4.98 Å². The lowest BCUT2D eigenvalue weighted by molar-refractivity contribution is -0.129. The Morgan fingerprint density at radius 2 is 1.74 bits per heavy atom. The van der Waals surface area contributed by atoms with E-state index >= 15 is 0 Å². The summed E-state index contributed by atoms with van der Waals surface area (Å²) < 4.78 is 17.4. The number of nitrogens with one attached hydrogen (secondary N) is 2. The number of rotatable bonds is 6. The van der Waals surface area contributed by atoms with Crippen LogP contribution in [0.15, 0.2) is 51.8 Å². The second kappa shape index (κ2) is 8.93. The second-order valence-corrected chi connectivity index (χ2v) is 10.8. The maximum Gasteiger partial charge on any atom is 0.287 e. The number of furan rings is 1. The van der Waals surface area contributed by atoms with Crippen LogP contribution in [-0.2, 0) is 15.6 Å². The van der Waals surface area contributed by atoms with Gasteiger partial charge in [0.05, 0.1) is 11.8 Å². The van der Waals surface area contributed by atoms with Gasteiger partial charge in [-0.05, 0) is 56.0 Å². The minimum Gasteiger partial charge on any atom is -0.433 e. The number of nitrogens with zero attached hydrogens (tertiary/aromatic N) is 2. The zero-order chi connectivity index (χ0) is 24.6. The first-order valence-corrected chi connectivity index (χ1v) is 13.3. The first-order valence-electron chi connectivity index (χ1n) is 11.7. The van der Waals surface area contributed by atoms with E-state index in [1.54, 1.807) is 24.5 Å². The molecule has 2 aliphatic carbocycles. The number of aromatic nitrogens is 1. The predicted molar refractivity (Wildman–Crippen MR) is 131 cm³/mol. The van der Waals surface area contributed by atoms with Crippen LogP contribution in [0.25, 0.3) is 22.4 Å². The Balaban J connectivity index is 1.38. The van der Waals surface area contributed by atoms with Gasteiger partial charge in [-0.1, -0.05) is 31.4 Å². The Bertz CT molecular complexity index is 1360. The van der Waals surface area contributed by atoms with Crippen LogP contribution in [0.2, 0.25) is 0 Å². The summed E-state index contributed by atoms with van der Waals surface area (Å²) in [6.45, 7) is 0. The van der Waals surface area contributed by atoms with Gasteiger partial charge in [-0.15, -0.1) is 0 Å². The summed E-state index contributed by atoms with van der Waals surface area (Å²) in [4.78, 5) is 31.7. The molecule has 0 bridgehead atoms. The molecule has 35 heavy (non-hydrogen) atoms. The van der Waals surface area contributed by atoms with E-state index in [0.717, 1.165) is 29.7 Å². The fraction of sp³-hybridized carbons (Fsp3) is 0.385. The van der Waals surface area contributed by atoms with E-state index in [0.29, 0.717) is 42.5 Å². The van der Waals surface area contributed by atoms with Crippen LogP contribution >= 0.6 is 0 Å². The molecular weight excluding hydrogens is 464 g/mol. The van der Waals surface area contributed by atoms with E-state index in [1.165, 1.54) is 0 Å². The Kier molecular flexibility index (Phi) is 5.93. The van der Waals surface area contributed by atoms with Crippen LogP contribution in [0.4, 0.5) is 0 Å². The summed E-state index contributed by atoms with van der Waals surface area (Å²) in [5, 5.41) is 15.9. The molecule has 180 valence electrons. The summed E-state index contributed by atoms with van der Waals surface area (Å²) in [6, 6.07) is 14.8. The third-order valence-corrected chi connectivity index (χ3v) is 7.84. The van der Waals surface area contributed by atoms with E-state index in [-0.39, 0.29) is 11.7 Å². The molecule has 1 atom stereocenters. The number of fused-ring (bicyclic) bond motifs is 1. The summed E-state index contributed by atoms with van der Waals surface area (Å²) in [7, 11) is -1.06. The Labute approximate surface area is 205 Å². The van der Waals surface area contributed by atoms with Gasteiger partial charge >= 0.3 is 0 Å². The van der Waals surface area contributed by atoms with Gasteiger partial charge in [0.1, 0.15) is 11.1 Å². The summed E-state index contributed by atoms with van der Waals surface area (Å²) in [5.41, 5.74) is -0.0229. The number of hydrogen-bond acceptors (Lipinski definition) is 6. The highest BCUT2D eigenvalue weighted by Crippen LogP contribution is 2.37. The molecule has 2 aromatic heterocycles. The van der Waals surface area contributed by atoms with E-state index in [4.69, 9.17) is 4.42 Å². The van der Waals surface area contributed by atoms with Gasteiger partial charge in [-0.2, -0.15) is 5.26 Å². The van der Waals surface area contributed by atoms with Crippen molar-refractivity contribution in [3.05, 3.63) is 48.2 Å². The van der Waals surface area contributed by atoms with Crippen molar-refractivity contribution in [2.45, 2.75) is 60.9 Å². The highest BCUT2D eigenvalue weighted by molar-refractivity contribution is 7.84. The van der Waals surface area contributed by atoms with Crippen LogP contribution in [0, 0.1) is 11.3 Å². The van der Waals surface area contributed by atoms with Crippen molar-refractivity contribution in [1.82, 2.24) is 15.6 Å². The third kappa shape index (κ3) is 4.58. The summed E-state index contributed by atoms with van der Waals surface area (Å²) in [6.07, 6.45) is 6.59. The van der Waals surface area contributed by atoms with Crippen LogP contribution in [0.5, 0.6) is 0 Å². The highest BCUT2D eigenvalue weighted by atomic mass is 32.2. The maximum atomic E-state index is 13.2. The van der Waals surface area contributed by atoms with Crippen molar-refractivity contribution in [2.75, 3.05) is 6.26 Å². The van der Waals surface area contributed by atoms with Crippen molar-refractivity contribution < 1.29 is 18.2 Å². The van der Waals surface area contributed by atoms with Crippen molar-refractivity contribution in [3.8, 4) is 17.3 Å². The molecule has 1 aromatic carbocycles. The number of carbonyl (C=O) groups is 2. The van der Waals surface area contributed by atoms with E-state index in [2.05, 4.69) is 21.7 Å². The first-order chi connectivity index (χ1) is 16.8. The number of carbonyl (C=O) groups excluding carboxylic acids is 2. The molecule has 3 aromatic rings. The van der Waals surface area contributed by atoms with E-state index < -0.39 is 27.8 Å². The van der Waals surface area contributed by atoms with Crippen LogP contribution in [-0.4, -0.2) is 38.3 Å². The van der Waals surface area contributed by atoms with Crippen molar-refractivity contribution >= 4 is 33.7 Å². The lowest BCUT2D eigenvalue weighted by atomic mass is 9.80. The lowest BCUT2D eigenvalue weighted by Gasteiger charge is -2.37. The molecule has 5 rings (SSSR count). The Morgan fingerprint density at radius 1 is 1.03 bits per heavy atom. The fourth-order valence-corrected chi connectivity index (χ4v) is 5.10. The van der Waals surface area contributed by atoms with E-state index in [9.17, 15) is 19.1 Å². The molecule has 9 heteroatoms. The average molecular weight is 491 g/mol. The van der Waals surface area contributed by atoms with Gasteiger partial charge in [-0.3, -0.25) is 13.8 Å². The summed E-state index contributed by atoms with van der Waals surface area (Å²) >= 11 is 0. The van der Waals surface area contributed by atoms with Gasteiger partial charge in [0, 0.05) is 32.9 Å². The second-order valence-electron chi connectivity index (χ2n) is 9.42. The van der Waals surface area contributed by atoms with Gasteiger partial charge < -0.3 is 15.1 Å². The maximum absolute atomic E-state index is 13.2. The molecule has 0 saturated heterocycles. The Morgan fingerprint density at radius 3 is 2.37 bits per heavy atom. The molecule has 0 aliphatic heterocycles. The van der Waals surface area contributed by atoms with Gasteiger partial charge in [0.15, 0.2) is 5.76 Å². The lowest BCUT2D eigenvalue weighted by Crippen LogP contribution is -2.61. The molecule has 2 amide bonds. The molecule has 2 N–H and O–H groups in total. The molecule has 2 fully saturated rings. The van der Waals surface area contributed by atoms with Crippen molar-refractivity contribution in [2.24, 2.45) is 0 Å². The van der Waals surface area contributed by atoms with Crippen LogP contribution < -0.4 is 10.6 Å². The zero-order valence-electron chi connectivity index (χ0n) is 19.4. The largest absolute Gasteiger partial charge is 0.433 e. The SMILES string of the molecule is CS(=O)c1ccc(-c2ccc3cc(C(=O)NC4(C(=O)NC5(C#N)CC5)CCCCC4)oc3n2)cc1. The predicted octanol–water partition coefficient (Wildman–Crippen LogP) is 3.84. The van der Waals surface area contributed by atoms with Gasteiger partial charge in [0.25, 0.3) is 5.91 Å². The van der Waals surface area contributed by atoms with Crippen molar-refractivity contribution in [1.29, 1.82) is 5.26 Å². The minimum absolute atomic E-state index is 0.0838. The van der Waals surface area contributed by atoms with Crippen LogP contribution in [0.3, 0.4) is 0 Å². The van der Waals surface area contributed by atoms with Crippen molar-refractivity contribution in [3.63, 3.8) is 0 Å². The van der Waals surface area contributed by atoms with Crippen LogP contribution in [0.1, 0.15) is 55.5 Å². The third-order valence-electron chi connectivity index (χ3n) is 6.90. The first kappa shape index (κ1) is 23.2. The minimum atomic E-state index is -1.06. The molecule has 2 saturated carbocycles. The molecule has 8 nitrogen and oxygen atoms in total. The summed E-state index contributed by atoms with van der Waals surface area (Å²) in [5.74, 6) is -0.684. The number of nitriles is 1. The number of amides is 2. The normalized spacial score (nSPS) is 18.9. The zero-order valence-corrected chi connectivity index (χ0v) is 20.2. The fourth-order valence-electron chi connectivity index (χ4n) is 4.58. The quantitative estimate of drug-likeness (QED) is 0.541. The molecule has 0 spiro atoms. The molecule has 2 aliphatic rings. The highest BCUT2D eigenvalue weighted by Gasteiger charge is 2.50. The average Bonchev–Trinajstić information content (AvgIpc) is 3.51. The smallest absolute Gasteiger partial charge is 0.287 e. The standard InChI is InChI=1S/C26H26N4O4S/c1-35(33)19-8-5-17(6-9-19)20-10-7-18-15-21(34-23(18)28-20)22(31)29-26(11-3-2-4-12-26)24(32)30-25(16-27)13-14-25/h5-10,15H,2-4,11-14H2,1H3,(H,29,31)(H,30,32).